The van der Waals surface area contributed by atoms with Crippen molar-refractivity contribution in [3.63, 3.8) is 0 Å². The number of nitrogens with zero attached hydrogens (tertiary/aromatic N) is 5. The molecule has 2 N–H and O–H groups in total. The van der Waals surface area contributed by atoms with E-state index in [9.17, 15) is 0 Å². The summed E-state index contributed by atoms with van der Waals surface area (Å²) in [7, 11) is 3.60. The van der Waals surface area contributed by atoms with Crippen molar-refractivity contribution in [1.82, 2.24) is 20.0 Å². The largest absolute Gasteiger partial charge is 0.316 e. The van der Waals surface area contributed by atoms with E-state index in [2.05, 4.69) is 15.3 Å². The van der Waals surface area contributed by atoms with Crippen LogP contribution < -0.4 is 10.3 Å². The number of rotatable bonds is 0. The van der Waals surface area contributed by atoms with E-state index in [1.54, 1.807) is 22.6 Å². The highest BCUT2D eigenvalue weighted by molar-refractivity contribution is 5.78. The van der Waals surface area contributed by atoms with E-state index in [1.807, 2.05) is 7.05 Å². The van der Waals surface area contributed by atoms with Gasteiger partial charge in [-0.2, -0.15) is 0 Å². The second-order valence-corrected chi connectivity index (χ2v) is 2.63. The molecule has 0 unspecified atom stereocenters. The fraction of sp³-hybridized carbons (Fsp3) is 0.333. The normalized spacial score (nSPS) is 10.8. The molecule has 0 bridgehead atoms. The number of nitrogens with two attached hydrogens (primary N) is 1. The van der Waals surface area contributed by atoms with Crippen LogP contribution >= 0.6 is 0 Å². The summed E-state index contributed by atoms with van der Waals surface area (Å²) in [6.07, 6.45) is 1.64. The minimum Gasteiger partial charge on any atom is -0.316 e. The lowest BCUT2D eigenvalue weighted by molar-refractivity contribution is -0.658. The van der Waals surface area contributed by atoms with Crippen LogP contribution in [0.25, 0.3) is 11.2 Å². The molecule has 12 heavy (non-hydrogen) atoms. The molecule has 2 heterocycles. The van der Waals surface area contributed by atoms with Crippen LogP contribution in [0.5, 0.6) is 0 Å². The number of fused-ring (bicyclic) bond motifs is 1. The molecule has 2 rings (SSSR count). The molecule has 2 aromatic rings. The molecule has 0 saturated carbocycles. The van der Waals surface area contributed by atoms with Crippen molar-refractivity contribution in [2.45, 2.75) is 0 Å². The van der Waals surface area contributed by atoms with Gasteiger partial charge in [-0.1, -0.05) is 10.2 Å². The van der Waals surface area contributed by atoms with Crippen molar-refractivity contribution in [2.24, 2.45) is 14.1 Å². The Morgan fingerprint density at radius 3 is 3.08 bits per heavy atom. The molecule has 0 aliphatic rings. The van der Waals surface area contributed by atoms with E-state index >= 15 is 0 Å². The lowest BCUT2D eigenvalue weighted by atomic mass is 10.5. The van der Waals surface area contributed by atoms with Crippen LogP contribution in [0, 0.1) is 0 Å². The van der Waals surface area contributed by atoms with Gasteiger partial charge in [-0.15, -0.1) is 5.10 Å². The molecule has 0 saturated heterocycles. The highest BCUT2D eigenvalue weighted by atomic mass is 15.4. The van der Waals surface area contributed by atoms with Crippen molar-refractivity contribution in [3.05, 3.63) is 6.33 Å². The van der Waals surface area contributed by atoms with Gasteiger partial charge < -0.3 is 5.73 Å². The topological polar surface area (TPSA) is 73.5 Å². The third kappa shape index (κ3) is 0.744. The highest BCUT2D eigenvalue weighted by Crippen LogP contribution is 2.08. The van der Waals surface area contributed by atoms with Gasteiger partial charge in [0.15, 0.2) is 0 Å². The number of hydrogen-bond acceptors (Lipinski definition) is 4. The highest BCUT2D eigenvalue weighted by Gasteiger charge is 2.13. The van der Waals surface area contributed by atoms with Crippen molar-refractivity contribution in [3.8, 4) is 0 Å². The summed E-state index contributed by atoms with van der Waals surface area (Å²) in [6, 6.07) is 0. The molecule has 0 fully saturated rings. The van der Waals surface area contributed by atoms with Crippen molar-refractivity contribution >= 4 is 17.0 Å². The maximum Gasteiger partial charge on any atom is 0.261 e. The van der Waals surface area contributed by atoms with Crippen LogP contribution in [0.2, 0.25) is 0 Å². The van der Waals surface area contributed by atoms with Crippen LogP contribution in [-0.2, 0) is 14.1 Å². The summed E-state index contributed by atoms with van der Waals surface area (Å²) in [6.45, 7) is 0. The predicted molar refractivity (Wildman–Crippen MR) is 41.9 cm³/mol. The van der Waals surface area contributed by atoms with Gasteiger partial charge in [-0.25, -0.2) is 9.25 Å². The minimum absolute atomic E-state index is 0.577. The molecule has 0 radical (unpaired) electrons. The fourth-order valence-electron chi connectivity index (χ4n) is 1.03. The zero-order chi connectivity index (χ0) is 8.72. The number of nitrogen functional groups attached to an aromatic ring is 1. The number of aromatic nitrogens is 5. The Morgan fingerprint density at radius 2 is 2.33 bits per heavy atom. The van der Waals surface area contributed by atoms with E-state index in [0.717, 1.165) is 0 Å². The smallest absolute Gasteiger partial charge is 0.261 e. The zero-order valence-corrected chi connectivity index (χ0v) is 6.89. The molecule has 0 aromatic carbocycles. The molecule has 0 amide bonds. The molecule has 0 aliphatic carbocycles. The zero-order valence-electron chi connectivity index (χ0n) is 6.89. The quantitative estimate of drug-likeness (QED) is 0.496. The standard InChI is InChI=1S/C6H8N6/c1-11-3-8-6-4(5(11)7)9-10-12(6)2/h3,7H,1-2H3/p+1. The van der Waals surface area contributed by atoms with Crippen LogP contribution in [-0.4, -0.2) is 20.0 Å². The Kier molecular flexibility index (Phi) is 1.24. The third-order valence-electron chi connectivity index (χ3n) is 1.77. The van der Waals surface area contributed by atoms with E-state index in [0.29, 0.717) is 17.0 Å². The first-order valence-electron chi connectivity index (χ1n) is 3.49. The van der Waals surface area contributed by atoms with Crippen molar-refractivity contribution in [2.75, 3.05) is 5.73 Å². The van der Waals surface area contributed by atoms with Gasteiger partial charge in [-0.05, 0) is 0 Å². The van der Waals surface area contributed by atoms with Crippen LogP contribution in [0.4, 0.5) is 5.82 Å². The lowest BCUT2D eigenvalue weighted by Crippen LogP contribution is -2.32. The first kappa shape index (κ1) is 6.96. The average Bonchev–Trinajstić information content (AvgIpc) is 2.41. The summed E-state index contributed by atoms with van der Waals surface area (Å²) in [5.41, 5.74) is 7.08. The molecule has 0 aliphatic heterocycles. The Labute approximate surface area is 68.6 Å². The Morgan fingerprint density at radius 1 is 1.58 bits per heavy atom. The third-order valence-corrected chi connectivity index (χ3v) is 1.77. The van der Waals surface area contributed by atoms with Gasteiger partial charge in [-0.3, -0.25) is 0 Å². The SMILES string of the molecule is Cn1nnc2c(N)[n+](C)cnc21. The molecular formula is C6H9N6+. The van der Waals surface area contributed by atoms with Crippen molar-refractivity contribution < 1.29 is 4.57 Å². The number of aryl methyl sites for hydroxylation is 2. The maximum absolute atomic E-state index is 5.74. The van der Waals surface area contributed by atoms with E-state index in [-0.39, 0.29) is 0 Å². The summed E-state index contributed by atoms with van der Waals surface area (Å²) < 4.78 is 3.29. The monoisotopic (exact) mass is 165 g/mol. The first-order chi connectivity index (χ1) is 5.70. The molecular weight excluding hydrogens is 156 g/mol. The van der Waals surface area contributed by atoms with Crippen LogP contribution in [0.1, 0.15) is 0 Å². The summed E-state index contributed by atoms with van der Waals surface area (Å²) >= 11 is 0. The van der Waals surface area contributed by atoms with Gasteiger partial charge in [0, 0.05) is 7.05 Å². The molecule has 62 valence electrons. The minimum atomic E-state index is 0.577. The predicted octanol–water partition coefficient (Wildman–Crippen LogP) is -1.23. The Balaban J connectivity index is 2.93. The molecule has 6 heteroatoms. The number of anilines is 1. The average molecular weight is 165 g/mol. The second-order valence-electron chi connectivity index (χ2n) is 2.63. The van der Waals surface area contributed by atoms with Gasteiger partial charge in [0.25, 0.3) is 11.5 Å². The summed E-state index contributed by atoms with van der Waals surface area (Å²) in [5.74, 6) is 0.577. The molecule has 0 atom stereocenters. The van der Waals surface area contributed by atoms with Gasteiger partial charge in [0.1, 0.15) is 0 Å². The summed E-state index contributed by atoms with van der Waals surface area (Å²) in [4.78, 5) is 4.12. The maximum atomic E-state index is 5.74. The molecule has 6 nitrogen and oxygen atoms in total. The van der Waals surface area contributed by atoms with Crippen molar-refractivity contribution in [1.29, 1.82) is 0 Å². The van der Waals surface area contributed by atoms with E-state index in [1.165, 1.54) is 0 Å². The van der Waals surface area contributed by atoms with Crippen LogP contribution in [0.3, 0.4) is 0 Å². The van der Waals surface area contributed by atoms with E-state index < -0.39 is 0 Å². The van der Waals surface area contributed by atoms with Gasteiger partial charge in [0.05, 0.1) is 7.05 Å². The van der Waals surface area contributed by atoms with E-state index in [4.69, 9.17) is 5.73 Å². The molecule has 0 spiro atoms. The second kappa shape index (κ2) is 2.13. The van der Waals surface area contributed by atoms with Gasteiger partial charge >= 0.3 is 0 Å². The molecule has 2 aromatic heterocycles. The fourth-order valence-corrected chi connectivity index (χ4v) is 1.03. The van der Waals surface area contributed by atoms with Gasteiger partial charge in [0.2, 0.25) is 11.8 Å². The first-order valence-corrected chi connectivity index (χ1v) is 3.49. The lowest BCUT2D eigenvalue weighted by Gasteiger charge is -1.93. The Bertz CT molecular complexity index is 431. The number of hydrogen-bond donors (Lipinski definition) is 1. The summed E-state index contributed by atoms with van der Waals surface area (Å²) in [5, 5.41) is 7.69. The Hall–Kier alpha value is -1.72. The van der Waals surface area contributed by atoms with Crippen LogP contribution in [0.15, 0.2) is 6.33 Å².